The Morgan fingerprint density at radius 1 is 1.22 bits per heavy atom. The maximum atomic E-state index is 5.65. The lowest BCUT2D eigenvalue weighted by atomic mass is 9.93. The monoisotopic (exact) mass is 265 g/mol. The number of fused-ring (bicyclic) bond motifs is 1. The Morgan fingerprint density at radius 2 is 1.94 bits per heavy atom. The summed E-state index contributed by atoms with van der Waals surface area (Å²) in [7, 11) is 0. The zero-order valence-electron chi connectivity index (χ0n) is 10.7. The van der Waals surface area contributed by atoms with Gasteiger partial charge in [0, 0.05) is 17.5 Å². The quantitative estimate of drug-likeness (QED) is 0.848. The van der Waals surface area contributed by atoms with Crippen LogP contribution in [0.4, 0.5) is 0 Å². The predicted octanol–water partition coefficient (Wildman–Crippen LogP) is 2.82. The first kappa shape index (κ1) is 12.2. The van der Waals surface area contributed by atoms with Crippen LogP contribution in [0.25, 0.3) is 0 Å². The summed E-state index contributed by atoms with van der Waals surface area (Å²) in [6.45, 7) is 2.24. The fourth-order valence-electron chi connectivity index (χ4n) is 2.31. The van der Waals surface area contributed by atoms with Gasteiger partial charge in [0.2, 0.25) is 0 Å². The van der Waals surface area contributed by atoms with Gasteiger partial charge in [-0.2, -0.15) is 0 Å². The number of hydrogen-bond donors (Lipinski definition) is 1. The lowest BCUT2D eigenvalue weighted by Crippen LogP contribution is -2.34. The largest absolute Gasteiger partial charge is 0.486 e. The van der Waals surface area contributed by atoms with E-state index in [0.717, 1.165) is 18.0 Å². The summed E-state index contributed by atoms with van der Waals surface area (Å²) >= 11 is 1.77. The van der Waals surface area contributed by atoms with Gasteiger partial charge in [-0.25, -0.2) is 0 Å². The average molecular weight is 265 g/mol. The molecule has 1 heterocycles. The molecule has 1 fully saturated rings. The van der Waals surface area contributed by atoms with Crippen molar-refractivity contribution in [3.63, 3.8) is 0 Å². The predicted molar refractivity (Wildman–Crippen MR) is 73.7 cm³/mol. The Balaban J connectivity index is 1.77. The third kappa shape index (κ3) is 2.45. The zero-order valence-corrected chi connectivity index (χ0v) is 11.5. The van der Waals surface area contributed by atoms with Crippen LogP contribution in [0.2, 0.25) is 0 Å². The van der Waals surface area contributed by atoms with Crippen LogP contribution in [0, 0.1) is 0 Å². The highest BCUT2D eigenvalue weighted by Gasteiger charge is 2.19. The molecule has 0 spiro atoms. The van der Waals surface area contributed by atoms with E-state index < -0.39 is 0 Å². The number of ether oxygens (including phenoxy) is 2. The molecule has 0 bridgehead atoms. The highest BCUT2D eigenvalue weighted by molar-refractivity contribution is 7.98. The first-order chi connectivity index (χ1) is 8.86. The lowest BCUT2D eigenvalue weighted by Gasteiger charge is -2.27. The molecule has 0 radical (unpaired) electrons. The lowest BCUT2D eigenvalue weighted by molar-refractivity contribution is 0.170. The van der Waals surface area contributed by atoms with Crippen LogP contribution < -0.4 is 14.8 Å². The molecule has 1 aliphatic carbocycles. The van der Waals surface area contributed by atoms with Gasteiger partial charge in [-0.05, 0) is 36.8 Å². The molecule has 0 aromatic heterocycles. The van der Waals surface area contributed by atoms with Crippen LogP contribution >= 0.6 is 11.8 Å². The van der Waals surface area contributed by atoms with Gasteiger partial charge in [0.15, 0.2) is 11.5 Å². The van der Waals surface area contributed by atoms with E-state index in [0.29, 0.717) is 19.3 Å². The Bertz CT molecular complexity index is 432. The van der Waals surface area contributed by atoms with Gasteiger partial charge in [0.25, 0.3) is 0 Å². The summed E-state index contributed by atoms with van der Waals surface area (Å²) in [6.07, 6.45) is 6.12. The number of nitrogens with one attached hydrogen (secondary N) is 1. The summed E-state index contributed by atoms with van der Waals surface area (Å²) in [5.41, 5.74) is 1.32. The second kappa shape index (κ2) is 5.41. The minimum absolute atomic E-state index is 0.653. The van der Waals surface area contributed by atoms with E-state index in [4.69, 9.17) is 9.47 Å². The molecule has 3 rings (SSSR count). The summed E-state index contributed by atoms with van der Waals surface area (Å²) in [6, 6.07) is 4.95. The molecule has 1 aliphatic heterocycles. The van der Waals surface area contributed by atoms with Crippen molar-refractivity contribution in [1.82, 2.24) is 5.32 Å². The third-order valence-electron chi connectivity index (χ3n) is 3.63. The number of thioether (sulfide) groups is 1. The molecule has 1 N–H and O–H groups in total. The van der Waals surface area contributed by atoms with Crippen molar-refractivity contribution >= 4 is 11.8 Å². The maximum absolute atomic E-state index is 5.65. The average Bonchev–Trinajstić information content (AvgIpc) is 2.36. The number of rotatable bonds is 4. The first-order valence-electron chi connectivity index (χ1n) is 6.56. The Labute approximate surface area is 112 Å². The smallest absolute Gasteiger partial charge is 0.162 e. The van der Waals surface area contributed by atoms with Crippen molar-refractivity contribution < 1.29 is 9.47 Å². The molecule has 0 unspecified atom stereocenters. The Kier molecular flexibility index (Phi) is 3.66. The van der Waals surface area contributed by atoms with Crippen LogP contribution in [0.1, 0.15) is 24.8 Å². The molecule has 0 saturated heterocycles. The van der Waals surface area contributed by atoms with Crippen molar-refractivity contribution in [2.45, 2.75) is 36.7 Å². The van der Waals surface area contributed by atoms with Crippen LogP contribution in [0.15, 0.2) is 17.0 Å². The minimum atomic E-state index is 0.653. The van der Waals surface area contributed by atoms with Gasteiger partial charge in [-0.3, -0.25) is 0 Å². The van der Waals surface area contributed by atoms with Gasteiger partial charge in [-0.15, -0.1) is 11.8 Å². The van der Waals surface area contributed by atoms with E-state index in [1.165, 1.54) is 29.7 Å². The maximum Gasteiger partial charge on any atom is 0.162 e. The normalized spacial score (nSPS) is 18.5. The van der Waals surface area contributed by atoms with E-state index in [1.54, 1.807) is 11.8 Å². The SMILES string of the molecule is CSc1cc2c(cc1CNC1CCC1)OCCO2. The van der Waals surface area contributed by atoms with E-state index in [-0.39, 0.29) is 0 Å². The molecule has 2 aliphatic rings. The number of benzene rings is 1. The molecule has 1 saturated carbocycles. The van der Waals surface area contributed by atoms with Gasteiger partial charge in [-0.1, -0.05) is 6.42 Å². The summed E-state index contributed by atoms with van der Waals surface area (Å²) in [4.78, 5) is 1.28. The highest BCUT2D eigenvalue weighted by atomic mass is 32.2. The summed E-state index contributed by atoms with van der Waals surface area (Å²) in [5, 5.41) is 3.61. The third-order valence-corrected chi connectivity index (χ3v) is 4.45. The second-order valence-electron chi connectivity index (χ2n) is 4.82. The van der Waals surface area contributed by atoms with E-state index in [2.05, 4.69) is 23.7 Å². The van der Waals surface area contributed by atoms with Crippen molar-refractivity contribution in [3.05, 3.63) is 17.7 Å². The Hall–Kier alpha value is -0.870. The van der Waals surface area contributed by atoms with Gasteiger partial charge in [0.05, 0.1) is 0 Å². The molecule has 0 atom stereocenters. The van der Waals surface area contributed by atoms with Crippen LogP contribution in [0.5, 0.6) is 11.5 Å². The van der Waals surface area contributed by atoms with E-state index in [9.17, 15) is 0 Å². The fourth-order valence-corrected chi connectivity index (χ4v) is 2.93. The standard InChI is InChI=1S/C14H19NO2S/c1-18-14-8-13-12(16-5-6-17-13)7-10(14)9-15-11-3-2-4-11/h7-8,11,15H,2-6,9H2,1H3. The number of hydrogen-bond acceptors (Lipinski definition) is 4. The molecule has 1 aromatic carbocycles. The van der Waals surface area contributed by atoms with Crippen molar-refractivity contribution in [3.8, 4) is 11.5 Å². The van der Waals surface area contributed by atoms with Crippen molar-refractivity contribution in [2.75, 3.05) is 19.5 Å². The van der Waals surface area contributed by atoms with Crippen LogP contribution in [-0.4, -0.2) is 25.5 Å². The second-order valence-corrected chi connectivity index (χ2v) is 5.66. The molecular weight excluding hydrogens is 246 g/mol. The van der Waals surface area contributed by atoms with Gasteiger partial charge >= 0.3 is 0 Å². The van der Waals surface area contributed by atoms with Crippen LogP contribution in [0.3, 0.4) is 0 Å². The molecule has 98 valence electrons. The molecule has 18 heavy (non-hydrogen) atoms. The van der Waals surface area contributed by atoms with Gasteiger partial charge < -0.3 is 14.8 Å². The molecular formula is C14H19NO2S. The molecule has 4 heteroatoms. The molecule has 1 aromatic rings. The van der Waals surface area contributed by atoms with E-state index >= 15 is 0 Å². The van der Waals surface area contributed by atoms with Crippen LogP contribution in [-0.2, 0) is 6.54 Å². The van der Waals surface area contributed by atoms with Crippen molar-refractivity contribution in [1.29, 1.82) is 0 Å². The topological polar surface area (TPSA) is 30.5 Å². The fraction of sp³-hybridized carbons (Fsp3) is 0.571. The highest BCUT2D eigenvalue weighted by Crippen LogP contribution is 2.36. The first-order valence-corrected chi connectivity index (χ1v) is 7.79. The zero-order chi connectivity index (χ0) is 12.4. The molecule has 0 amide bonds. The minimum Gasteiger partial charge on any atom is -0.486 e. The Morgan fingerprint density at radius 3 is 2.56 bits per heavy atom. The molecule has 3 nitrogen and oxygen atoms in total. The van der Waals surface area contributed by atoms with Crippen molar-refractivity contribution in [2.24, 2.45) is 0 Å². The van der Waals surface area contributed by atoms with E-state index in [1.807, 2.05) is 0 Å². The summed E-state index contributed by atoms with van der Waals surface area (Å²) in [5.74, 6) is 1.78. The summed E-state index contributed by atoms with van der Waals surface area (Å²) < 4.78 is 11.3. The van der Waals surface area contributed by atoms with Gasteiger partial charge in [0.1, 0.15) is 13.2 Å².